The number of hydrogen-bond acceptors (Lipinski definition) is 5. The third-order valence-corrected chi connectivity index (χ3v) is 5.96. The quantitative estimate of drug-likeness (QED) is 0.422. The number of amides is 1. The molecule has 0 spiro atoms. The molecule has 1 amide bonds. The maximum absolute atomic E-state index is 13.3. The number of rotatable bonds is 5. The van der Waals surface area contributed by atoms with Gasteiger partial charge in [-0.05, 0) is 71.5 Å². The van der Waals surface area contributed by atoms with Crippen molar-refractivity contribution in [2.45, 2.75) is 19.4 Å². The topological polar surface area (TPSA) is 103 Å². The number of aromatic nitrogens is 1. The number of pyridine rings is 1. The van der Waals surface area contributed by atoms with Crippen LogP contribution in [-0.2, 0) is 17.8 Å². The number of esters is 1. The van der Waals surface area contributed by atoms with Crippen molar-refractivity contribution in [3.8, 4) is 5.75 Å². The highest BCUT2D eigenvalue weighted by atomic mass is 16.5. The zero-order chi connectivity index (χ0) is 23.7. The fourth-order valence-corrected chi connectivity index (χ4v) is 4.32. The third-order valence-electron chi connectivity index (χ3n) is 5.96. The molecule has 3 N–H and O–H groups in total. The second-order valence-electron chi connectivity index (χ2n) is 8.23. The second kappa shape index (κ2) is 8.83. The number of primary amides is 1. The maximum Gasteiger partial charge on any atom is 0.339 e. The SMILES string of the molecule is NC(=O)c1cccc(COC(=O)c2c3c(nc4ccccc24)/C(=C/c2ccc(O)cc2)CC3)c1. The maximum atomic E-state index is 13.3. The Morgan fingerprint density at radius 2 is 1.79 bits per heavy atom. The molecule has 34 heavy (non-hydrogen) atoms. The molecule has 0 fully saturated rings. The molecule has 0 saturated heterocycles. The van der Waals surface area contributed by atoms with Gasteiger partial charge in [0.05, 0.1) is 16.8 Å². The van der Waals surface area contributed by atoms with Crippen LogP contribution in [-0.4, -0.2) is 22.0 Å². The van der Waals surface area contributed by atoms with E-state index in [1.807, 2.05) is 42.5 Å². The Kier molecular flexibility index (Phi) is 5.55. The van der Waals surface area contributed by atoms with E-state index < -0.39 is 11.9 Å². The first-order valence-electron chi connectivity index (χ1n) is 11.0. The van der Waals surface area contributed by atoms with E-state index in [1.165, 1.54) is 0 Å². The van der Waals surface area contributed by atoms with Gasteiger partial charge in [-0.25, -0.2) is 9.78 Å². The van der Waals surface area contributed by atoms with Gasteiger partial charge in [0.15, 0.2) is 0 Å². The predicted octanol–water partition coefficient (Wildman–Crippen LogP) is 4.88. The molecule has 1 aliphatic carbocycles. The zero-order valence-corrected chi connectivity index (χ0v) is 18.3. The van der Waals surface area contributed by atoms with Crippen molar-refractivity contribution in [2.75, 3.05) is 0 Å². The molecule has 0 saturated carbocycles. The van der Waals surface area contributed by atoms with Gasteiger partial charge >= 0.3 is 5.97 Å². The van der Waals surface area contributed by atoms with Gasteiger partial charge in [0.1, 0.15) is 12.4 Å². The molecule has 6 nitrogen and oxygen atoms in total. The van der Waals surface area contributed by atoms with Crippen LogP contribution in [0.3, 0.4) is 0 Å². The minimum Gasteiger partial charge on any atom is -0.508 e. The van der Waals surface area contributed by atoms with Crippen LogP contribution in [0, 0.1) is 0 Å². The van der Waals surface area contributed by atoms with Crippen molar-refractivity contribution in [1.82, 2.24) is 4.98 Å². The molecule has 0 aliphatic heterocycles. The predicted molar refractivity (Wildman–Crippen MR) is 130 cm³/mol. The number of carbonyl (C=O) groups is 2. The molecule has 0 atom stereocenters. The van der Waals surface area contributed by atoms with Crippen molar-refractivity contribution >= 4 is 34.4 Å². The Balaban J connectivity index is 1.51. The summed E-state index contributed by atoms with van der Waals surface area (Å²) in [5.74, 6) is -0.742. The highest BCUT2D eigenvalue weighted by molar-refractivity contribution is 6.07. The van der Waals surface area contributed by atoms with Gasteiger partial charge in [0.25, 0.3) is 0 Å². The van der Waals surface area contributed by atoms with Crippen LogP contribution >= 0.6 is 0 Å². The Morgan fingerprint density at radius 3 is 2.59 bits per heavy atom. The third kappa shape index (κ3) is 4.13. The lowest BCUT2D eigenvalue weighted by atomic mass is 10.0. The fourth-order valence-electron chi connectivity index (χ4n) is 4.32. The number of para-hydroxylation sites is 1. The van der Waals surface area contributed by atoms with Crippen LogP contribution < -0.4 is 5.73 Å². The Morgan fingerprint density at radius 1 is 1.00 bits per heavy atom. The number of fused-ring (bicyclic) bond motifs is 2. The molecule has 0 radical (unpaired) electrons. The molecular formula is C28H22N2O4. The molecule has 6 heteroatoms. The van der Waals surface area contributed by atoms with E-state index in [0.717, 1.165) is 39.7 Å². The first-order chi connectivity index (χ1) is 16.5. The molecule has 168 valence electrons. The number of nitrogens with zero attached hydrogens (tertiary/aromatic N) is 1. The van der Waals surface area contributed by atoms with E-state index in [0.29, 0.717) is 23.1 Å². The van der Waals surface area contributed by atoms with Gasteiger partial charge in [-0.1, -0.05) is 42.5 Å². The summed E-state index contributed by atoms with van der Waals surface area (Å²) in [7, 11) is 0. The van der Waals surface area contributed by atoms with Crippen molar-refractivity contribution in [3.63, 3.8) is 0 Å². The average Bonchev–Trinajstić information content (AvgIpc) is 3.24. The van der Waals surface area contributed by atoms with Crippen LogP contribution in [0.5, 0.6) is 5.75 Å². The second-order valence-corrected chi connectivity index (χ2v) is 8.23. The summed E-state index contributed by atoms with van der Waals surface area (Å²) in [6.07, 6.45) is 3.47. The van der Waals surface area contributed by atoms with E-state index in [-0.39, 0.29) is 12.4 Å². The van der Waals surface area contributed by atoms with Gasteiger partial charge in [0.2, 0.25) is 5.91 Å². The van der Waals surface area contributed by atoms with Crippen LogP contribution in [0.2, 0.25) is 0 Å². The summed E-state index contributed by atoms with van der Waals surface area (Å²) in [5, 5.41) is 10.3. The Bertz CT molecular complexity index is 1460. The summed E-state index contributed by atoms with van der Waals surface area (Å²) in [4.78, 5) is 29.6. The number of phenols is 1. The van der Waals surface area contributed by atoms with Crippen molar-refractivity contribution < 1.29 is 19.4 Å². The average molecular weight is 450 g/mol. The normalized spacial score (nSPS) is 13.7. The van der Waals surface area contributed by atoms with Crippen LogP contribution in [0.25, 0.3) is 22.6 Å². The molecule has 0 bridgehead atoms. The lowest BCUT2D eigenvalue weighted by Crippen LogP contribution is -2.12. The number of aromatic hydroxyl groups is 1. The molecule has 1 heterocycles. The van der Waals surface area contributed by atoms with Crippen molar-refractivity contribution in [3.05, 3.63) is 106 Å². The standard InChI is InChI=1S/C28H22N2O4/c29-27(32)20-5-3-4-18(15-20)16-34-28(33)25-22-6-1-2-7-24(22)30-26-19(10-13-23(25)26)14-17-8-11-21(31)12-9-17/h1-9,11-12,14-15,31H,10,13,16H2,(H2,29,32)/b19-14+. The molecule has 1 aliphatic rings. The lowest BCUT2D eigenvalue weighted by Gasteiger charge is -2.13. The summed E-state index contributed by atoms with van der Waals surface area (Å²) in [6.45, 7) is 0.0293. The van der Waals surface area contributed by atoms with E-state index >= 15 is 0 Å². The zero-order valence-electron chi connectivity index (χ0n) is 18.3. The Labute approximate surface area is 196 Å². The van der Waals surface area contributed by atoms with Crippen molar-refractivity contribution in [1.29, 1.82) is 0 Å². The van der Waals surface area contributed by atoms with Crippen molar-refractivity contribution in [2.24, 2.45) is 5.73 Å². The number of hydrogen-bond donors (Lipinski definition) is 2. The molecule has 0 unspecified atom stereocenters. The van der Waals surface area contributed by atoms with E-state index in [1.54, 1.807) is 36.4 Å². The van der Waals surface area contributed by atoms with E-state index in [2.05, 4.69) is 0 Å². The summed E-state index contributed by atoms with van der Waals surface area (Å²) >= 11 is 0. The van der Waals surface area contributed by atoms with Crippen LogP contribution in [0.15, 0.2) is 72.8 Å². The van der Waals surface area contributed by atoms with Crippen LogP contribution in [0.1, 0.15) is 49.5 Å². The number of phenolic OH excluding ortho intramolecular Hbond substituents is 1. The van der Waals surface area contributed by atoms with Gasteiger partial charge < -0.3 is 15.6 Å². The monoisotopic (exact) mass is 450 g/mol. The molecular weight excluding hydrogens is 428 g/mol. The molecule has 5 rings (SSSR count). The smallest absolute Gasteiger partial charge is 0.339 e. The van der Waals surface area contributed by atoms with Gasteiger partial charge in [-0.2, -0.15) is 0 Å². The summed E-state index contributed by atoms with van der Waals surface area (Å²) in [6, 6.07) is 21.3. The number of benzene rings is 3. The van der Waals surface area contributed by atoms with Gasteiger partial charge in [-0.3, -0.25) is 4.79 Å². The molecule has 4 aromatic rings. The lowest BCUT2D eigenvalue weighted by molar-refractivity contribution is 0.0474. The molecule has 3 aromatic carbocycles. The van der Waals surface area contributed by atoms with E-state index in [9.17, 15) is 14.7 Å². The number of allylic oxidation sites excluding steroid dienone is 1. The highest BCUT2D eigenvalue weighted by Crippen LogP contribution is 2.38. The summed E-state index contributed by atoms with van der Waals surface area (Å²) < 4.78 is 5.68. The van der Waals surface area contributed by atoms with E-state index in [4.69, 9.17) is 15.5 Å². The number of carbonyl (C=O) groups excluding carboxylic acids is 2. The largest absolute Gasteiger partial charge is 0.508 e. The van der Waals surface area contributed by atoms with Gasteiger partial charge in [0, 0.05) is 10.9 Å². The number of nitrogens with two attached hydrogens (primary N) is 1. The van der Waals surface area contributed by atoms with Crippen LogP contribution in [0.4, 0.5) is 0 Å². The fraction of sp³-hybridized carbons (Fsp3) is 0.107. The summed E-state index contributed by atoms with van der Waals surface area (Å²) in [5.41, 5.74) is 11.3. The number of ether oxygens (including phenoxy) is 1. The first kappa shape index (κ1) is 21.4. The first-order valence-corrected chi connectivity index (χ1v) is 11.0. The minimum absolute atomic E-state index is 0.0293. The highest BCUT2D eigenvalue weighted by Gasteiger charge is 2.27. The minimum atomic E-state index is -0.529. The molecule has 1 aromatic heterocycles. The van der Waals surface area contributed by atoms with Gasteiger partial charge in [-0.15, -0.1) is 0 Å². The Hall–Kier alpha value is -4.45.